The van der Waals surface area contributed by atoms with E-state index in [1.807, 2.05) is 24.3 Å². The van der Waals surface area contributed by atoms with E-state index >= 15 is 0 Å². The number of phenolic OH excluding ortho intramolecular Hbond substituents is 1. The summed E-state index contributed by atoms with van der Waals surface area (Å²) in [6, 6.07) is 12.4. The van der Waals surface area contributed by atoms with Gasteiger partial charge in [-0.15, -0.1) is 0 Å². The van der Waals surface area contributed by atoms with Crippen LogP contribution < -0.4 is 10.1 Å². The number of ketones is 1. The van der Waals surface area contributed by atoms with Crippen molar-refractivity contribution in [3.63, 3.8) is 0 Å². The van der Waals surface area contributed by atoms with Crippen LogP contribution in [0.15, 0.2) is 65.0 Å². The summed E-state index contributed by atoms with van der Waals surface area (Å²) >= 11 is 6.44. The lowest BCUT2D eigenvalue weighted by atomic mass is 9.71. The molecule has 0 spiro atoms. The molecule has 0 fully saturated rings. The molecule has 2 aliphatic rings. The van der Waals surface area contributed by atoms with Gasteiger partial charge in [-0.2, -0.15) is 0 Å². The number of allylic oxidation sites excluding steroid dienone is 3. The zero-order valence-electron chi connectivity index (χ0n) is 19.9. The number of nitrogens with one attached hydrogen (secondary N) is 1. The van der Waals surface area contributed by atoms with Crippen molar-refractivity contribution in [2.75, 3.05) is 27.4 Å². The smallest absolute Gasteiger partial charge is 0.336 e. The number of Topliss-reactive ketones (excluding diaryl/α,β-unsaturated/α-hetero) is 1. The second-order valence-electron chi connectivity index (χ2n) is 8.60. The molecule has 1 aliphatic heterocycles. The molecule has 0 amide bonds. The van der Waals surface area contributed by atoms with Crippen LogP contribution in [0.3, 0.4) is 0 Å². The topological polar surface area (TPSA) is 94.1 Å². The Balaban J connectivity index is 1.79. The van der Waals surface area contributed by atoms with Gasteiger partial charge in [0.05, 0.1) is 19.3 Å². The van der Waals surface area contributed by atoms with E-state index < -0.39 is 11.9 Å². The van der Waals surface area contributed by atoms with Crippen molar-refractivity contribution in [3.8, 4) is 11.5 Å². The number of benzene rings is 2. The van der Waals surface area contributed by atoms with E-state index in [2.05, 4.69) is 5.32 Å². The quantitative estimate of drug-likeness (QED) is 0.426. The molecule has 4 rings (SSSR count). The highest BCUT2D eigenvalue weighted by molar-refractivity contribution is 6.31. The summed E-state index contributed by atoms with van der Waals surface area (Å²) in [7, 11) is 2.98. The fourth-order valence-electron chi connectivity index (χ4n) is 4.84. The number of aromatic hydroxyl groups is 1. The zero-order chi connectivity index (χ0) is 25.1. The average molecular weight is 498 g/mol. The zero-order valence-corrected chi connectivity index (χ0v) is 20.6. The lowest BCUT2D eigenvalue weighted by molar-refractivity contribution is -0.140. The Morgan fingerprint density at radius 2 is 1.91 bits per heavy atom. The summed E-state index contributed by atoms with van der Waals surface area (Å²) < 4.78 is 15.8. The van der Waals surface area contributed by atoms with E-state index in [1.54, 1.807) is 19.1 Å². The molecule has 7 nitrogen and oxygen atoms in total. The molecule has 0 saturated carbocycles. The van der Waals surface area contributed by atoms with Crippen LogP contribution in [0, 0.1) is 0 Å². The van der Waals surface area contributed by atoms with Crippen molar-refractivity contribution < 1.29 is 28.9 Å². The fourth-order valence-corrected chi connectivity index (χ4v) is 5.13. The standard InChI is InChI=1S/C27H28ClNO6/c1-15-24(27(32)35-11-10-33-2)25(16-8-9-21(30)23(14-16)34-3)26-20(29-15)12-17(13-22(26)31)18-6-4-5-7-19(18)28/h4-9,14,17,25,29-30H,10-13H2,1-3H3/t17-,25+/m1/s1. The highest BCUT2D eigenvalue weighted by atomic mass is 35.5. The Hall–Kier alpha value is -3.29. The van der Waals surface area contributed by atoms with Crippen LogP contribution in [-0.2, 0) is 19.1 Å². The van der Waals surface area contributed by atoms with Crippen LogP contribution in [0.2, 0.25) is 5.02 Å². The van der Waals surface area contributed by atoms with Gasteiger partial charge in [-0.1, -0.05) is 35.9 Å². The van der Waals surface area contributed by atoms with Crippen molar-refractivity contribution in [2.24, 2.45) is 0 Å². The largest absolute Gasteiger partial charge is 0.504 e. The van der Waals surface area contributed by atoms with Gasteiger partial charge in [0.25, 0.3) is 0 Å². The summed E-state index contributed by atoms with van der Waals surface area (Å²) in [5, 5.41) is 14.1. The molecule has 0 unspecified atom stereocenters. The van der Waals surface area contributed by atoms with Crippen LogP contribution in [0.5, 0.6) is 11.5 Å². The predicted molar refractivity (Wildman–Crippen MR) is 132 cm³/mol. The van der Waals surface area contributed by atoms with E-state index in [9.17, 15) is 14.7 Å². The Kier molecular flexibility index (Phi) is 7.48. The second-order valence-corrected chi connectivity index (χ2v) is 9.01. The third-order valence-electron chi connectivity index (χ3n) is 6.45. The maximum Gasteiger partial charge on any atom is 0.336 e. The Bertz CT molecular complexity index is 1220. The van der Waals surface area contributed by atoms with Gasteiger partial charge in [-0.05, 0) is 48.6 Å². The first kappa shape index (κ1) is 24.8. The number of methoxy groups -OCH3 is 2. The highest BCUT2D eigenvalue weighted by Crippen LogP contribution is 2.47. The van der Waals surface area contributed by atoms with Crippen molar-refractivity contribution >= 4 is 23.4 Å². The van der Waals surface area contributed by atoms with Crippen LogP contribution in [0.1, 0.15) is 42.7 Å². The molecule has 2 N–H and O–H groups in total. The molecule has 8 heteroatoms. The molecule has 0 radical (unpaired) electrons. The van der Waals surface area contributed by atoms with Gasteiger partial charge >= 0.3 is 5.97 Å². The Morgan fingerprint density at radius 1 is 1.14 bits per heavy atom. The second kappa shape index (κ2) is 10.5. The third kappa shape index (κ3) is 4.92. The molecule has 35 heavy (non-hydrogen) atoms. The van der Waals surface area contributed by atoms with Crippen molar-refractivity contribution in [1.29, 1.82) is 0 Å². The molecule has 1 heterocycles. The number of dihydropyridines is 1. The monoisotopic (exact) mass is 497 g/mol. The van der Waals surface area contributed by atoms with E-state index in [0.29, 0.717) is 33.9 Å². The van der Waals surface area contributed by atoms with Crippen molar-refractivity contribution in [3.05, 3.63) is 81.2 Å². The summed E-state index contributed by atoms with van der Waals surface area (Å²) in [4.78, 5) is 26.8. The van der Waals surface area contributed by atoms with E-state index in [0.717, 1.165) is 11.3 Å². The normalized spacial score (nSPS) is 19.8. The molecule has 184 valence electrons. The molecule has 1 aliphatic carbocycles. The Morgan fingerprint density at radius 3 is 2.63 bits per heavy atom. The molecule has 2 aromatic carbocycles. The number of carbonyl (C=O) groups is 2. The maximum atomic E-state index is 13.6. The van der Waals surface area contributed by atoms with Gasteiger partial charge in [-0.25, -0.2) is 4.79 Å². The molecule has 2 atom stereocenters. The maximum absolute atomic E-state index is 13.6. The molecular weight excluding hydrogens is 470 g/mol. The van der Waals surface area contributed by atoms with Gasteiger partial charge in [0.1, 0.15) is 6.61 Å². The van der Waals surface area contributed by atoms with Crippen LogP contribution in [0.4, 0.5) is 0 Å². The van der Waals surface area contributed by atoms with E-state index in [1.165, 1.54) is 20.3 Å². The molecule has 0 aromatic heterocycles. The average Bonchev–Trinajstić information content (AvgIpc) is 2.83. The number of carbonyl (C=O) groups excluding carboxylic acids is 2. The number of hydrogen-bond acceptors (Lipinski definition) is 7. The number of ether oxygens (including phenoxy) is 3. The predicted octanol–water partition coefficient (Wildman–Crippen LogP) is 4.61. The first-order chi connectivity index (χ1) is 16.8. The number of phenols is 1. The van der Waals surface area contributed by atoms with Crippen LogP contribution in [-0.4, -0.2) is 44.3 Å². The van der Waals surface area contributed by atoms with Crippen molar-refractivity contribution in [2.45, 2.75) is 31.6 Å². The lowest BCUT2D eigenvalue weighted by Crippen LogP contribution is -2.36. The molecule has 2 aromatic rings. The minimum absolute atomic E-state index is 0.0296. The summed E-state index contributed by atoms with van der Waals surface area (Å²) in [6.07, 6.45) is 0.834. The minimum Gasteiger partial charge on any atom is -0.504 e. The minimum atomic E-state index is -0.671. The van der Waals surface area contributed by atoms with Crippen LogP contribution in [0.25, 0.3) is 0 Å². The molecule has 0 saturated heterocycles. The summed E-state index contributed by atoms with van der Waals surface area (Å²) in [6.45, 7) is 2.15. The van der Waals surface area contributed by atoms with Gasteiger partial charge in [-0.3, -0.25) is 4.79 Å². The Labute approximate surface area is 209 Å². The molecule has 0 bridgehead atoms. The van der Waals surface area contributed by atoms with Gasteiger partial charge in [0.2, 0.25) is 0 Å². The molecular formula is C27H28ClNO6. The SMILES string of the molecule is COCCOC(=O)C1=C(C)NC2=C(C(=O)C[C@H](c3ccccc3Cl)C2)[C@H]1c1ccc(O)c(OC)c1. The number of esters is 1. The van der Waals surface area contributed by atoms with Gasteiger partial charge in [0.15, 0.2) is 17.3 Å². The van der Waals surface area contributed by atoms with E-state index in [-0.39, 0.29) is 42.8 Å². The third-order valence-corrected chi connectivity index (χ3v) is 6.79. The number of halogens is 1. The number of hydrogen-bond donors (Lipinski definition) is 2. The van der Waals surface area contributed by atoms with Crippen LogP contribution >= 0.6 is 11.6 Å². The van der Waals surface area contributed by atoms with Gasteiger partial charge < -0.3 is 24.6 Å². The highest BCUT2D eigenvalue weighted by Gasteiger charge is 2.42. The first-order valence-electron chi connectivity index (χ1n) is 11.4. The lowest BCUT2D eigenvalue weighted by Gasteiger charge is -2.37. The van der Waals surface area contributed by atoms with Gasteiger partial charge in [0, 0.05) is 41.4 Å². The van der Waals surface area contributed by atoms with Crippen molar-refractivity contribution in [1.82, 2.24) is 5.32 Å². The summed E-state index contributed by atoms with van der Waals surface area (Å²) in [5.41, 5.74) is 3.80. The summed E-state index contributed by atoms with van der Waals surface area (Å²) in [5.74, 6) is -1.13. The fraction of sp³-hybridized carbons (Fsp3) is 0.333. The van der Waals surface area contributed by atoms with E-state index in [4.69, 9.17) is 25.8 Å². The first-order valence-corrected chi connectivity index (χ1v) is 11.7. The number of rotatable bonds is 7.